The lowest BCUT2D eigenvalue weighted by atomic mass is 9.99. The molecule has 4 atom stereocenters. The number of halogens is 1. The van der Waals surface area contributed by atoms with Crippen LogP contribution in [0.25, 0.3) is 0 Å². The summed E-state index contributed by atoms with van der Waals surface area (Å²) in [4.78, 5) is 12.2. The van der Waals surface area contributed by atoms with Crippen molar-refractivity contribution in [3.8, 4) is 5.75 Å². The highest BCUT2D eigenvalue weighted by Crippen LogP contribution is 2.24. The third-order valence-corrected chi connectivity index (χ3v) is 4.35. The van der Waals surface area contributed by atoms with Crippen molar-refractivity contribution in [2.24, 2.45) is 11.7 Å². The van der Waals surface area contributed by atoms with E-state index < -0.39 is 12.1 Å². The van der Waals surface area contributed by atoms with Crippen molar-refractivity contribution in [1.82, 2.24) is 0 Å². The van der Waals surface area contributed by atoms with Gasteiger partial charge in [0.15, 0.2) is 6.10 Å². The number of ether oxygens (including phenoxy) is 3. The molecule has 2 N–H and O–H groups in total. The van der Waals surface area contributed by atoms with Crippen LogP contribution in [-0.4, -0.2) is 36.9 Å². The summed E-state index contributed by atoms with van der Waals surface area (Å²) in [5.74, 6) is 0.813. The Morgan fingerprint density at radius 1 is 1.19 bits per heavy atom. The summed E-state index contributed by atoms with van der Waals surface area (Å²) in [6.07, 6.45) is 2.41. The second-order valence-electron chi connectivity index (χ2n) is 7.19. The molecule has 0 bridgehead atoms. The zero-order valence-electron chi connectivity index (χ0n) is 15.9. The first-order chi connectivity index (χ1) is 12.0. The third kappa shape index (κ3) is 7.14. The largest absolute Gasteiger partial charge is 0.484 e. The quantitative estimate of drug-likeness (QED) is 0.782. The number of esters is 1. The van der Waals surface area contributed by atoms with Crippen LogP contribution in [0.15, 0.2) is 30.3 Å². The van der Waals surface area contributed by atoms with E-state index in [1.54, 1.807) is 0 Å². The SMILES string of the molecule is CC(C)CO[C@H]1CCCC[C@H](N)C(=O)O[C@@H](C)[C@@H]1Oc1ccccc1.Cl. The molecule has 1 saturated heterocycles. The van der Waals surface area contributed by atoms with Crippen LogP contribution in [0.1, 0.15) is 46.5 Å². The molecule has 0 saturated carbocycles. The molecule has 1 aromatic carbocycles. The van der Waals surface area contributed by atoms with Crippen LogP contribution in [0.3, 0.4) is 0 Å². The molecular weight excluding hydrogens is 354 g/mol. The zero-order valence-corrected chi connectivity index (χ0v) is 16.7. The highest BCUT2D eigenvalue weighted by Gasteiger charge is 2.34. The molecule has 0 radical (unpaired) electrons. The summed E-state index contributed by atoms with van der Waals surface area (Å²) < 4.78 is 17.9. The molecule has 5 nitrogen and oxygen atoms in total. The van der Waals surface area contributed by atoms with E-state index in [1.807, 2.05) is 37.3 Å². The Morgan fingerprint density at radius 2 is 1.85 bits per heavy atom. The lowest BCUT2D eigenvalue weighted by Crippen LogP contribution is -2.47. The van der Waals surface area contributed by atoms with Gasteiger partial charge in [0.05, 0.1) is 6.10 Å². The number of rotatable bonds is 5. The Bertz CT molecular complexity index is 526. The number of nitrogens with two attached hydrogens (primary N) is 1. The van der Waals surface area contributed by atoms with Crippen molar-refractivity contribution >= 4 is 18.4 Å². The molecule has 148 valence electrons. The lowest BCUT2D eigenvalue weighted by molar-refractivity contribution is -0.161. The van der Waals surface area contributed by atoms with Crippen LogP contribution in [0, 0.1) is 5.92 Å². The Labute approximate surface area is 163 Å². The van der Waals surface area contributed by atoms with Crippen LogP contribution >= 0.6 is 12.4 Å². The minimum atomic E-state index is -0.562. The minimum absolute atomic E-state index is 0. The van der Waals surface area contributed by atoms with E-state index in [2.05, 4.69) is 13.8 Å². The highest BCUT2D eigenvalue weighted by atomic mass is 35.5. The van der Waals surface area contributed by atoms with Crippen molar-refractivity contribution < 1.29 is 19.0 Å². The molecule has 0 amide bonds. The Hall–Kier alpha value is -1.30. The van der Waals surface area contributed by atoms with Gasteiger partial charge in [-0.3, -0.25) is 4.79 Å². The van der Waals surface area contributed by atoms with Crippen molar-refractivity contribution in [2.45, 2.75) is 70.8 Å². The minimum Gasteiger partial charge on any atom is -0.484 e. The molecule has 0 aliphatic carbocycles. The van der Waals surface area contributed by atoms with E-state index in [-0.39, 0.29) is 30.6 Å². The van der Waals surface area contributed by atoms with Crippen LogP contribution in [0.5, 0.6) is 5.75 Å². The summed E-state index contributed by atoms with van der Waals surface area (Å²) >= 11 is 0. The monoisotopic (exact) mass is 385 g/mol. The van der Waals surface area contributed by atoms with E-state index in [4.69, 9.17) is 19.9 Å². The summed E-state index contributed by atoms with van der Waals surface area (Å²) in [5.41, 5.74) is 5.91. The van der Waals surface area contributed by atoms with Gasteiger partial charge in [0.2, 0.25) is 0 Å². The summed E-state index contributed by atoms with van der Waals surface area (Å²) in [6, 6.07) is 9.03. The standard InChI is InChI=1S/C20H31NO4.ClH/c1-14(2)13-23-18-12-8-7-11-17(21)20(22)24-15(3)19(18)25-16-9-5-4-6-10-16;/h4-6,9-10,14-15,17-19H,7-8,11-13,21H2,1-3H3;1H/t15-,17-,18-,19-;/m0./s1. The molecule has 2 rings (SSSR count). The molecular formula is C20H32ClNO4. The molecule has 26 heavy (non-hydrogen) atoms. The van der Waals surface area contributed by atoms with Crippen molar-refractivity contribution in [3.63, 3.8) is 0 Å². The second kappa shape index (κ2) is 11.4. The maximum atomic E-state index is 12.2. The number of carbonyl (C=O) groups is 1. The molecule has 1 aromatic rings. The van der Waals surface area contributed by atoms with Crippen molar-refractivity contribution in [2.75, 3.05) is 6.61 Å². The van der Waals surface area contributed by atoms with E-state index in [0.717, 1.165) is 25.0 Å². The fourth-order valence-electron chi connectivity index (χ4n) is 2.95. The van der Waals surface area contributed by atoms with Gasteiger partial charge in [-0.15, -0.1) is 12.4 Å². The predicted molar refractivity (Wildman–Crippen MR) is 105 cm³/mol. The van der Waals surface area contributed by atoms with E-state index in [9.17, 15) is 4.79 Å². The number of hydrogen-bond acceptors (Lipinski definition) is 5. The topological polar surface area (TPSA) is 70.8 Å². The molecule has 1 fully saturated rings. The van der Waals surface area contributed by atoms with E-state index in [1.165, 1.54) is 0 Å². The summed E-state index contributed by atoms with van der Waals surface area (Å²) in [7, 11) is 0. The molecule has 1 aliphatic rings. The normalized spacial score (nSPS) is 27.3. The fraction of sp³-hybridized carbons (Fsp3) is 0.650. The first-order valence-corrected chi connectivity index (χ1v) is 9.26. The molecule has 0 aromatic heterocycles. The third-order valence-electron chi connectivity index (χ3n) is 4.35. The van der Waals surface area contributed by atoms with Gasteiger partial charge in [-0.05, 0) is 37.8 Å². The van der Waals surface area contributed by atoms with Gasteiger partial charge in [-0.1, -0.05) is 44.9 Å². The average Bonchev–Trinajstić information content (AvgIpc) is 2.59. The fourth-order valence-corrected chi connectivity index (χ4v) is 2.95. The lowest BCUT2D eigenvalue weighted by Gasteiger charge is -2.33. The second-order valence-corrected chi connectivity index (χ2v) is 7.19. The number of carbonyl (C=O) groups excluding carboxylic acids is 1. The number of benzene rings is 1. The smallest absolute Gasteiger partial charge is 0.323 e. The van der Waals surface area contributed by atoms with Crippen LogP contribution in [0.4, 0.5) is 0 Å². The molecule has 0 spiro atoms. The van der Waals surface area contributed by atoms with Crippen molar-refractivity contribution in [1.29, 1.82) is 0 Å². The Kier molecular flexibility index (Phi) is 9.99. The Morgan fingerprint density at radius 3 is 2.50 bits per heavy atom. The number of hydrogen-bond donors (Lipinski definition) is 1. The van der Waals surface area contributed by atoms with Crippen LogP contribution < -0.4 is 10.5 Å². The predicted octanol–water partition coefficient (Wildman–Crippen LogP) is 3.73. The van der Waals surface area contributed by atoms with Crippen LogP contribution in [-0.2, 0) is 14.3 Å². The Balaban J connectivity index is 0.00000338. The van der Waals surface area contributed by atoms with Crippen LogP contribution in [0.2, 0.25) is 0 Å². The highest BCUT2D eigenvalue weighted by molar-refractivity contribution is 5.85. The van der Waals surface area contributed by atoms with E-state index in [0.29, 0.717) is 18.9 Å². The van der Waals surface area contributed by atoms with Gasteiger partial charge in [-0.2, -0.15) is 0 Å². The molecule has 1 aliphatic heterocycles. The summed E-state index contributed by atoms with van der Waals surface area (Å²) in [6.45, 7) is 6.75. The first kappa shape index (κ1) is 22.7. The van der Waals surface area contributed by atoms with Gasteiger partial charge in [0.1, 0.15) is 17.9 Å². The average molecular weight is 386 g/mol. The maximum Gasteiger partial charge on any atom is 0.323 e. The summed E-state index contributed by atoms with van der Waals surface area (Å²) in [5, 5.41) is 0. The van der Waals surface area contributed by atoms with Gasteiger partial charge in [0.25, 0.3) is 0 Å². The maximum absolute atomic E-state index is 12.2. The van der Waals surface area contributed by atoms with Gasteiger partial charge in [0, 0.05) is 6.61 Å². The number of para-hydroxylation sites is 1. The van der Waals surface area contributed by atoms with Crippen molar-refractivity contribution in [3.05, 3.63) is 30.3 Å². The van der Waals surface area contributed by atoms with Gasteiger partial charge >= 0.3 is 5.97 Å². The number of cyclic esters (lactones) is 1. The van der Waals surface area contributed by atoms with E-state index >= 15 is 0 Å². The zero-order chi connectivity index (χ0) is 18.2. The first-order valence-electron chi connectivity index (χ1n) is 9.26. The molecule has 0 unspecified atom stereocenters. The molecule has 6 heteroatoms. The van der Waals surface area contributed by atoms with Gasteiger partial charge in [-0.25, -0.2) is 0 Å². The molecule has 1 heterocycles. The van der Waals surface area contributed by atoms with Gasteiger partial charge < -0.3 is 19.9 Å².